The molecule has 1 heterocycles. The quantitative estimate of drug-likeness (QED) is 0.584. The summed E-state index contributed by atoms with van der Waals surface area (Å²) in [5.74, 6) is 1.39. The van der Waals surface area contributed by atoms with Crippen LogP contribution in [0.2, 0.25) is 0 Å². The maximum absolute atomic E-state index is 3.48. The molecule has 0 spiro atoms. The van der Waals surface area contributed by atoms with Crippen LogP contribution in [0.4, 0.5) is 0 Å². The molecule has 1 aliphatic rings. The van der Waals surface area contributed by atoms with Crippen LogP contribution in [0.3, 0.4) is 0 Å². The third-order valence-corrected chi connectivity index (χ3v) is 4.27. The lowest BCUT2D eigenvalue weighted by molar-refractivity contribution is 0.522. The molecule has 0 amide bonds. The van der Waals surface area contributed by atoms with Crippen LogP contribution in [-0.4, -0.2) is 10.5 Å². The van der Waals surface area contributed by atoms with Gasteiger partial charge in [-0.05, 0) is 31.4 Å². The molecule has 1 heteroatoms. The first-order valence-electron chi connectivity index (χ1n) is 5.43. The van der Waals surface area contributed by atoms with Gasteiger partial charge in [-0.15, -0.1) is 6.58 Å². The van der Waals surface area contributed by atoms with Crippen LogP contribution >= 0.6 is 11.8 Å². The van der Waals surface area contributed by atoms with E-state index >= 15 is 0 Å². The first-order valence-corrected chi connectivity index (χ1v) is 6.42. The van der Waals surface area contributed by atoms with Gasteiger partial charge >= 0.3 is 0 Å². The van der Waals surface area contributed by atoms with Crippen molar-refractivity contribution < 1.29 is 0 Å². The van der Waals surface area contributed by atoms with Gasteiger partial charge in [0, 0.05) is 4.75 Å². The molecule has 0 aromatic heterocycles. The molecule has 1 atom stereocenters. The molecular weight excluding hydrogens is 176 g/mol. The van der Waals surface area contributed by atoms with Crippen LogP contribution in [0.5, 0.6) is 0 Å². The molecule has 0 aromatic rings. The van der Waals surface area contributed by atoms with Gasteiger partial charge in [0.05, 0.1) is 0 Å². The van der Waals surface area contributed by atoms with Gasteiger partial charge in [0.15, 0.2) is 0 Å². The van der Waals surface area contributed by atoms with Crippen molar-refractivity contribution in [1.29, 1.82) is 0 Å². The summed E-state index contributed by atoms with van der Waals surface area (Å²) >= 11 is 2.17. The molecule has 0 bridgehead atoms. The van der Waals surface area contributed by atoms with Gasteiger partial charge in [-0.3, -0.25) is 0 Å². The number of hydrogen-bond acceptors (Lipinski definition) is 1. The van der Waals surface area contributed by atoms with Gasteiger partial charge in [0.2, 0.25) is 0 Å². The second-order valence-electron chi connectivity index (χ2n) is 3.81. The van der Waals surface area contributed by atoms with Crippen molar-refractivity contribution in [3.05, 3.63) is 12.7 Å². The molecule has 13 heavy (non-hydrogen) atoms. The number of thioether (sulfide) groups is 1. The van der Waals surface area contributed by atoms with Gasteiger partial charge in [-0.2, -0.15) is 11.8 Å². The first-order chi connectivity index (χ1) is 6.18. The average molecular weight is 200 g/mol. The molecule has 0 aliphatic carbocycles. The van der Waals surface area contributed by atoms with E-state index < -0.39 is 0 Å². The molecule has 1 aliphatic heterocycles. The Bertz CT molecular complexity index is 123. The second kappa shape index (κ2) is 7.49. The summed E-state index contributed by atoms with van der Waals surface area (Å²) in [4.78, 5) is 0. The van der Waals surface area contributed by atoms with E-state index in [0.717, 1.165) is 6.42 Å². The summed E-state index contributed by atoms with van der Waals surface area (Å²) in [5, 5.41) is 0. The Morgan fingerprint density at radius 3 is 2.23 bits per heavy atom. The molecule has 1 rings (SSSR count). The van der Waals surface area contributed by atoms with Crippen LogP contribution in [0.15, 0.2) is 12.7 Å². The zero-order valence-electron chi connectivity index (χ0n) is 9.44. The number of rotatable bonds is 2. The molecule has 1 unspecified atom stereocenters. The summed E-state index contributed by atoms with van der Waals surface area (Å²) < 4.78 is 0.637. The Labute approximate surface area is 88.2 Å². The summed E-state index contributed by atoms with van der Waals surface area (Å²) in [6.45, 7) is 10.2. The number of allylic oxidation sites excluding steroid dienone is 1. The van der Waals surface area contributed by atoms with Gasteiger partial charge in [0.1, 0.15) is 0 Å². The van der Waals surface area contributed by atoms with Crippen molar-refractivity contribution in [2.24, 2.45) is 0 Å². The molecule has 0 radical (unpaired) electrons. The van der Waals surface area contributed by atoms with Crippen molar-refractivity contribution in [2.45, 2.75) is 57.6 Å². The Hall–Kier alpha value is 0.0900. The fourth-order valence-electron chi connectivity index (χ4n) is 1.27. The van der Waals surface area contributed by atoms with E-state index in [2.05, 4.69) is 39.1 Å². The van der Waals surface area contributed by atoms with E-state index in [9.17, 15) is 0 Å². The zero-order chi connectivity index (χ0) is 10.2. The minimum atomic E-state index is 0.637. The Balaban J connectivity index is 0.000000310. The third-order valence-electron chi connectivity index (χ3n) is 2.59. The lowest BCUT2D eigenvalue weighted by Crippen LogP contribution is -2.22. The lowest BCUT2D eigenvalue weighted by atomic mass is 10.0. The maximum Gasteiger partial charge on any atom is 0.0129 e. The third kappa shape index (κ3) is 6.20. The predicted octanol–water partition coefficient (Wildman–Crippen LogP) is 4.65. The van der Waals surface area contributed by atoms with E-state index in [4.69, 9.17) is 0 Å². The van der Waals surface area contributed by atoms with Crippen LogP contribution in [0, 0.1) is 0 Å². The standard InChI is InChI=1S/C8H16S.C4H8/c1-3-8(2)6-4-5-7-9-8;1-3-4-2/h3-7H2,1-2H3;3H,1,4H2,2H3. The fraction of sp³-hybridized carbons (Fsp3) is 0.833. The van der Waals surface area contributed by atoms with Crippen LogP contribution in [0.25, 0.3) is 0 Å². The zero-order valence-corrected chi connectivity index (χ0v) is 10.3. The SMILES string of the molecule is C=CCC.CCC1(C)CCCCS1. The average Bonchev–Trinajstić information content (AvgIpc) is 2.20. The Kier molecular flexibility index (Phi) is 7.54. The molecule has 0 N–H and O–H groups in total. The number of hydrogen-bond donors (Lipinski definition) is 0. The Morgan fingerprint density at radius 1 is 1.38 bits per heavy atom. The van der Waals surface area contributed by atoms with Gasteiger partial charge in [-0.25, -0.2) is 0 Å². The van der Waals surface area contributed by atoms with Crippen LogP contribution in [0.1, 0.15) is 52.9 Å². The minimum absolute atomic E-state index is 0.637. The van der Waals surface area contributed by atoms with E-state index in [1.165, 1.54) is 31.4 Å². The van der Waals surface area contributed by atoms with E-state index in [1.807, 2.05) is 6.08 Å². The molecule has 0 saturated carbocycles. The second-order valence-corrected chi connectivity index (χ2v) is 5.49. The predicted molar refractivity (Wildman–Crippen MR) is 65.5 cm³/mol. The van der Waals surface area contributed by atoms with Crippen molar-refractivity contribution in [3.63, 3.8) is 0 Å². The molecule has 0 aromatic carbocycles. The smallest absolute Gasteiger partial charge is 0.0129 e. The van der Waals surface area contributed by atoms with Crippen LogP contribution in [-0.2, 0) is 0 Å². The minimum Gasteiger partial charge on any atom is -0.155 e. The van der Waals surface area contributed by atoms with Crippen molar-refractivity contribution in [3.8, 4) is 0 Å². The van der Waals surface area contributed by atoms with Gasteiger partial charge < -0.3 is 0 Å². The normalized spacial score (nSPS) is 27.3. The molecular formula is C12H24S. The monoisotopic (exact) mass is 200 g/mol. The molecule has 1 fully saturated rings. The van der Waals surface area contributed by atoms with Gasteiger partial charge in [0.25, 0.3) is 0 Å². The summed E-state index contributed by atoms with van der Waals surface area (Å²) in [7, 11) is 0. The lowest BCUT2D eigenvalue weighted by Gasteiger charge is -2.31. The summed E-state index contributed by atoms with van der Waals surface area (Å²) in [5.41, 5.74) is 0. The summed E-state index contributed by atoms with van der Waals surface area (Å²) in [6.07, 6.45) is 8.64. The van der Waals surface area contributed by atoms with E-state index in [-0.39, 0.29) is 0 Å². The van der Waals surface area contributed by atoms with Crippen LogP contribution < -0.4 is 0 Å². The largest absolute Gasteiger partial charge is 0.155 e. The molecule has 0 nitrogen and oxygen atoms in total. The highest BCUT2D eigenvalue weighted by Crippen LogP contribution is 2.38. The van der Waals surface area contributed by atoms with Crippen molar-refractivity contribution in [1.82, 2.24) is 0 Å². The molecule has 1 saturated heterocycles. The van der Waals surface area contributed by atoms with E-state index in [0.29, 0.717) is 4.75 Å². The van der Waals surface area contributed by atoms with Crippen molar-refractivity contribution >= 4 is 11.8 Å². The maximum atomic E-state index is 3.48. The summed E-state index contributed by atoms with van der Waals surface area (Å²) in [6, 6.07) is 0. The van der Waals surface area contributed by atoms with Gasteiger partial charge in [-0.1, -0.05) is 33.3 Å². The highest BCUT2D eigenvalue weighted by molar-refractivity contribution is 8.00. The highest BCUT2D eigenvalue weighted by Gasteiger charge is 2.24. The Morgan fingerprint density at radius 2 is 2.00 bits per heavy atom. The van der Waals surface area contributed by atoms with E-state index in [1.54, 1.807) is 0 Å². The molecule has 78 valence electrons. The highest BCUT2D eigenvalue weighted by atomic mass is 32.2. The first kappa shape index (κ1) is 13.1. The van der Waals surface area contributed by atoms with Crippen molar-refractivity contribution in [2.75, 3.05) is 5.75 Å². The topological polar surface area (TPSA) is 0 Å². The fourth-order valence-corrected chi connectivity index (χ4v) is 2.60.